The summed E-state index contributed by atoms with van der Waals surface area (Å²) < 4.78 is 0. The van der Waals surface area contributed by atoms with E-state index in [-0.39, 0.29) is 10.8 Å². The summed E-state index contributed by atoms with van der Waals surface area (Å²) in [7, 11) is 0. The first-order valence-corrected chi connectivity index (χ1v) is 21.7. The van der Waals surface area contributed by atoms with E-state index in [1.807, 2.05) is 0 Å². The summed E-state index contributed by atoms with van der Waals surface area (Å²) in [6.45, 7) is 18.5. The van der Waals surface area contributed by atoms with E-state index in [0.29, 0.717) is 0 Å². The molecule has 2 aromatic rings. The maximum absolute atomic E-state index is 3.71. The summed E-state index contributed by atoms with van der Waals surface area (Å²) in [5.41, 5.74) is 5.23. The van der Waals surface area contributed by atoms with Gasteiger partial charge in [-0.15, -0.1) is 0 Å². The quantitative estimate of drug-likeness (QED) is 0.0765. The molecule has 0 aliphatic rings. The Bertz CT molecular complexity index is 1200. The summed E-state index contributed by atoms with van der Waals surface area (Å²) in [5.74, 6) is 14.7. The SMILES string of the molecule is CCCCCCCCCCCCCCC#Cc1c(C(C)(C)C)ccc2c(C#CCCCCCCCCCCCCCC)c(C(C)(C)C)ccc12. The lowest BCUT2D eigenvalue weighted by Crippen LogP contribution is -2.15. The van der Waals surface area contributed by atoms with E-state index in [4.69, 9.17) is 0 Å². The van der Waals surface area contributed by atoms with Crippen LogP contribution in [0.15, 0.2) is 24.3 Å². The molecule has 0 aliphatic carbocycles. The van der Waals surface area contributed by atoms with Gasteiger partial charge in [-0.25, -0.2) is 0 Å². The van der Waals surface area contributed by atoms with Crippen molar-refractivity contribution in [3.8, 4) is 23.7 Å². The van der Waals surface area contributed by atoms with Gasteiger partial charge in [0.15, 0.2) is 0 Å². The Balaban J connectivity index is 2.00. The van der Waals surface area contributed by atoms with E-state index < -0.39 is 0 Å². The topological polar surface area (TPSA) is 0 Å². The number of rotatable bonds is 24. The van der Waals surface area contributed by atoms with Crippen LogP contribution in [-0.2, 0) is 10.8 Å². The molecule has 0 radical (unpaired) electrons. The molecule has 2 aromatic carbocycles. The number of unbranched alkanes of at least 4 members (excludes halogenated alkanes) is 24. The van der Waals surface area contributed by atoms with Crippen LogP contribution in [0.4, 0.5) is 0 Å². The molecule has 280 valence electrons. The summed E-state index contributed by atoms with van der Waals surface area (Å²) in [4.78, 5) is 0. The number of benzene rings is 2. The Morgan fingerprint density at radius 3 is 0.880 bits per heavy atom. The van der Waals surface area contributed by atoms with E-state index >= 15 is 0 Å². The largest absolute Gasteiger partial charge is 0.0979 e. The molecule has 0 aromatic heterocycles. The zero-order chi connectivity index (χ0) is 36.5. The van der Waals surface area contributed by atoms with Gasteiger partial charge in [-0.2, -0.15) is 0 Å². The molecule has 2 rings (SSSR count). The highest BCUT2D eigenvalue weighted by Crippen LogP contribution is 2.36. The van der Waals surface area contributed by atoms with Crippen LogP contribution in [-0.4, -0.2) is 0 Å². The maximum atomic E-state index is 3.71. The third-order valence-corrected chi connectivity index (χ3v) is 10.6. The summed E-state index contributed by atoms with van der Waals surface area (Å²) in [6.07, 6.45) is 35.1. The van der Waals surface area contributed by atoms with Crippen molar-refractivity contribution in [2.24, 2.45) is 0 Å². The summed E-state index contributed by atoms with van der Waals surface area (Å²) >= 11 is 0. The second kappa shape index (κ2) is 25.7. The maximum Gasteiger partial charge on any atom is 0.0361 e. The Hall–Kier alpha value is -2.18. The van der Waals surface area contributed by atoms with Gasteiger partial charge in [0.05, 0.1) is 0 Å². The number of fused-ring (bicyclic) bond motifs is 1. The van der Waals surface area contributed by atoms with Gasteiger partial charge in [-0.1, -0.05) is 245 Å². The molecule has 0 bridgehead atoms. The molecular weight excluding hydrogens is 601 g/mol. The van der Waals surface area contributed by atoms with Crippen molar-refractivity contribution in [2.45, 2.75) is 233 Å². The lowest BCUT2D eigenvalue weighted by atomic mass is 9.78. The predicted molar refractivity (Wildman–Crippen MR) is 226 cm³/mol. The smallest absolute Gasteiger partial charge is 0.0361 e. The molecule has 0 saturated heterocycles. The predicted octanol–water partition coefficient (Wildman–Crippen LogP) is 16.3. The van der Waals surface area contributed by atoms with Crippen molar-refractivity contribution in [3.05, 3.63) is 46.5 Å². The van der Waals surface area contributed by atoms with Crippen molar-refractivity contribution in [3.63, 3.8) is 0 Å². The van der Waals surface area contributed by atoms with E-state index in [1.165, 1.54) is 187 Å². The van der Waals surface area contributed by atoms with Crippen molar-refractivity contribution in [2.75, 3.05) is 0 Å². The molecule has 0 fully saturated rings. The third-order valence-electron chi connectivity index (χ3n) is 10.6. The average Bonchev–Trinajstić information content (AvgIpc) is 3.07. The molecule has 0 saturated carbocycles. The van der Waals surface area contributed by atoms with Crippen molar-refractivity contribution in [1.29, 1.82) is 0 Å². The minimum Gasteiger partial charge on any atom is -0.0979 e. The first-order valence-electron chi connectivity index (χ1n) is 21.7. The van der Waals surface area contributed by atoms with E-state index in [2.05, 4.69) is 103 Å². The highest BCUT2D eigenvalue weighted by molar-refractivity contribution is 5.95. The Morgan fingerprint density at radius 1 is 0.360 bits per heavy atom. The molecule has 0 aliphatic heterocycles. The molecule has 0 nitrogen and oxygen atoms in total. The highest BCUT2D eigenvalue weighted by atomic mass is 14.3. The van der Waals surface area contributed by atoms with Gasteiger partial charge in [-0.05, 0) is 45.6 Å². The first kappa shape index (κ1) is 44.0. The molecule has 0 unspecified atom stereocenters. The van der Waals surface area contributed by atoms with Crippen LogP contribution in [0.5, 0.6) is 0 Å². The first-order chi connectivity index (χ1) is 24.1. The van der Waals surface area contributed by atoms with Gasteiger partial charge in [0.25, 0.3) is 0 Å². The van der Waals surface area contributed by atoms with Gasteiger partial charge in [0.1, 0.15) is 0 Å². The Morgan fingerprint density at radius 2 is 0.620 bits per heavy atom. The minimum absolute atomic E-state index is 0.0391. The lowest BCUT2D eigenvalue weighted by molar-refractivity contribution is 0.545. The van der Waals surface area contributed by atoms with E-state index in [0.717, 1.165) is 12.8 Å². The number of hydrogen-bond acceptors (Lipinski definition) is 0. The Kier molecular flexibility index (Phi) is 22.6. The average molecular weight is 681 g/mol. The second-order valence-electron chi connectivity index (χ2n) is 17.5. The molecule has 0 spiro atoms. The van der Waals surface area contributed by atoms with Crippen LogP contribution in [0.2, 0.25) is 0 Å². The van der Waals surface area contributed by atoms with Crippen molar-refractivity contribution >= 4 is 10.8 Å². The number of hydrogen-bond donors (Lipinski definition) is 0. The normalized spacial score (nSPS) is 11.8. The Labute approximate surface area is 313 Å². The van der Waals surface area contributed by atoms with Gasteiger partial charge in [0.2, 0.25) is 0 Å². The van der Waals surface area contributed by atoms with Crippen LogP contribution in [0.3, 0.4) is 0 Å². The molecule has 0 heteroatoms. The van der Waals surface area contributed by atoms with Crippen LogP contribution in [0, 0.1) is 23.7 Å². The van der Waals surface area contributed by atoms with Crippen LogP contribution in [0.1, 0.15) is 245 Å². The lowest BCUT2D eigenvalue weighted by Gasteiger charge is -2.25. The highest BCUT2D eigenvalue weighted by Gasteiger charge is 2.23. The van der Waals surface area contributed by atoms with Crippen molar-refractivity contribution < 1.29 is 0 Å². The fourth-order valence-electron chi connectivity index (χ4n) is 7.34. The standard InChI is InChI=1S/C50H80/c1-9-11-13-15-17-19-21-23-25-27-29-31-33-35-37-45-43-39-42-48(50(6,7)8)46(44(43)40-41-47(45)49(3,4)5)38-36-34-32-30-28-26-24-22-20-18-16-14-12-10-2/h39-42H,9-34H2,1-8H3. The molecule has 0 atom stereocenters. The second-order valence-corrected chi connectivity index (χ2v) is 17.5. The molecule has 0 heterocycles. The minimum atomic E-state index is 0.0391. The van der Waals surface area contributed by atoms with Crippen LogP contribution >= 0.6 is 0 Å². The third kappa shape index (κ3) is 17.8. The fraction of sp³-hybridized carbons (Fsp3) is 0.720. The molecule has 50 heavy (non-hydrogen) atoms. The zero-order valence-corrected chi connectivity index (χ0v) is 34.7. The summed E-state index contributed by atoms with van der Waals surface area (Å²) in [5, 5.41) is 2.56. The molecule has 0 amide bonds. The molecular formula is C50H80. The van der Waals surface area contributed by atoms with Crippen LogP contribution < -0.4 is 0 Å². The van der Waals surface area contributed by atoms with Gasteiger partial charge < -0.3 is 0 Å². The van der Waals surface area contributed by atoms with Gasteiger partial charge in [0, 0.05) is 24.0 Å². The zero-order valence-electron chi connectivity index (χ0n) is 34.7. The van der Waals surface area contributed by atoms with Crippen LogP contribution in [0.25, 0.3) is 10.8 Å². The van der Waals surface area contributed by atoms with E-state index in [1.54, 1.807) is 0 Å². The van der Waals surface area contributed by atoms with Crippen molar-refractivity contribution in [1.82, 2.24) is 0 Å². The summed E-state index contributed by atoms with van der Waals surface area (Å²) in [6, 6.07) is 9.38. The van der Waals surface area contributed by atoms with Gasteiger partial charge in [-0.3, -0.25) is 0 Å². The monoisotopic (exact) mass is 681 g/mol. The molecule has 0 N–H and O–H groups in total. The van der Waals surface area contributed by atoms with Gasteiger partial charge >= 0.3 is 0 Å². The fourth-order valence-corrected chi connectivity index (χ4v) is 7.34. The van der Waals surface area contributed by atoms with E-state index in [9.17, 15) is 0 Å².